The molecule has 0 radical (unpaired) electrons. The van der Waals surface area contributed by atoms with Gasteiger partial charge in [-0.1, -0.05) is 25.6 Å². The maximum Gasteiger partial charge on any atom is 0.410 e. The summed E-state index contributed by atoms with van der Waals surface area (Å²) in [6.07, 6.45) is 1.99. The summed E-state index contributed by atoms with van der Waals surface area (Å²) >= 11 is 6.31. The lowest BCUT2D eigenvalue weighted by atomic mass is 10.00. The molecule has 4 rings (SSSR count). The molecule has 3 aromatic rings. The maximum absolute atomic E-state index is 13.2. The number of hydrogen-bond donors (Lipinski definition) is 1. The van der Waals surface area contributed by atoms with E-state index < -0.39 is 17.5 Å². The van der Waals surface area contributed by atoms with Gasteiger partial charge in [-0.25, -0.2) is 23.5 Å². The third kappa shape index (κ3) is 8.64. The Bertz CT molecular complexity index is 1340. The number of nitrogens with zero attached hydrogens (tertiary/aromatic N) is 5. The normalized spacial score (nSPS) is 12.2. The van der Waals surface area contributed by atoms with Crippen molar-refractivity contribution in [1.82, 2.24) is 24.6 Å². The fourth-order valence-corrected chi connectivity index (χ4v) is 4.04. The lowest BCUT2D eigenvalue weighted by Crippen LogP contribution is -2.33. The molecule has 0 fully saturated rings. The van der Waals surface area contributed by atoms with Crippen LogP contribution in [0, 0.1) is 12.7 Å². The van der Waals surface area contributed by atoms with E-state index in [2.05, 4.69) is 21.6 Å². The molecule has 0 spiro atoms. The van der Waals surface area contributed by atoms with Crippen molar-refractivity contribution in [2.24, 2.45) is 0 Å². The number of fused-ring (bicyclic) bond motifs is 1. The van der Waals surface area contributed by atoms with E-state index in [-0.39, 0.29) is 38.9 Å². The molecular formula is C27H35ClF2N6O3. The monoisotopic (exact) mass is 564 g/mol. The molecule has 0 atom stereocenters. The quantitative estimate of drug-likeness (QED) is 0.378. The smallest absolute Gasteiger partial charge is 0.410 e. The second-order valence-corrected chi connectivity index (χ2v) is 10.2. The number of anilines is 1. The van der Waals surface area contributed by atoms with E-state index >= 15 is 0 Å². The number of aryl methyl sites for hydroxylation is 1. The predicted molar refractivity (Wildman–Crippen MR) is 147 cm³/mol. The van der Waals surface area contributed by atoms with Crippen LogP contribution in [0.3, 0.4) is 0 Å². The van der Waals surface area contributed by atoms with Gasteiger partial charge in [-0.05, 0) is 52.3 Å². The second kappa shape index (κ2) is 12.9. The molecule has 0 saturated carbocycles. The summed E-state index contributed by atoms with van der Waals surface area (Å²) in [6, 6.07) is 3.50. The van der Waals surface area contributed by atoms with Gasteiger partial charge in [-0.2, -0.15) is 5.10 Å². The number of halogens is 3. The Hall–Kier alpha value is -3.73. The minimum Gasteiger partial charge on any atom is -0.491 e. The second-order valence-electron chi connectivity index (χ2n) is 9.73. The summed E-state index contributed by atoms with van der Waals surface area (Å²) in [5.41, 5.74) is 8.93. The Morgan fingerprint density at radius 2 is 1.92 bits per heavy atom. The molecule has 9 nitrogen and oxygen atoms in total. The van der Waals surface area contributed by atoms with E-state index in [0.717, 1.165) is 17.3 Å². The summed E-state index contributed by atoms with van der Waals surface area (Å²) in [6.45, 7) is 12.6. The van der Waals surface area contributed by atoms with E-state index in [4.69, 9.17) is 26.8 Å². The minimum absolute atomic E-state index is 0. The van der Waals surface area contributed by atoms with Crippen LogP contribution in [0.1, 0.15) is 51.9 Å². The highest BCUT2D eigenvalue weighted by Gasteiger charge is 2.32. The number of benzene rings is 1. The third-order valence-corrected chi connectivity index (χ3v) is 5.35. The van der Waals surface area contributed by atoms with Crippen molar-refractivity contribution in [1.29, 1.82) is 0 Å². The molecular weight excluding hydrogens is 530 g/mol. The van der Waals surface area contributed by atoms with Gasteiger partial charge >= 0.3 is 6.09 Å². The molecule has 0 saturated heterocycles. The molecule has 0 aliphatic carbocycles. The summed E-state index contributed by atoms with van der Waals surface area (Å²) in [4.78, 5) is 23.1. The molecule has 1 aromatic carbocycles. The molecule has 12 heteroatoms. The fourth-order valence-electron chi connectivity index (χ4n) is 3.78. The number of ether oxygens (including phenoxy) is 2. The van der Waals surface area contributed by atoms with Crippen molar-refractivity contribution >= 4 is 23.6 Å². The van der Waals surface area contributed by atoms with E-state index in [1.165, 1.54) is 17.8 Å². The number of nitrogen functional groups attached to an aromatic ring is 1. The number of aromatic nitrogens is 4. The lowest BCUT2D eigenvalue weighted by Gasteiger charge is -2.24. The van der Waals surface area contributed by atoms with Crippen LogP contribution in [0.4, 0.5) is 19.5 Å². The zero-order valence-electron chi connectivity index (χ0n) is 22.0. The maximum atomic E-state index is 13.2. The molecule has 2 aromatic heterocycles. The standard InChI is InChI=1S/C23H26ClFN6O3.C3H5F.CH4/c1-13-7-14(24)8-18(33-6-5-31-10-15(25)9-27-31)19(13)20-16-11-30(22(32)34-23(2,3)4)12-17(16)28-21(26)29-20;1-3(2)4;/h7-10H,5-6,11-12H2,1-4H3,(H2,26,28,29);1H2,2H3;1H4. The van der Waals surface area contributed by atoms with Gasteiger partial charge in [-0.15, -0.1) is 0 Å². The van der Waals surface area contributed by atoms with Gasteiger partial charge in [0.2, 0.25) is 5.95 Å². The molecule has 1 amide bonds. The highest BCUT2D eigenvalue weighted by Crippen LogP contribution is 2.40. The van der Waals surface area contributed by atoms with Crippen LogP contribution < -0.4 is 10.5 Å². The third-order valence-electron chi connectivity index (χ3n) is 5.13. The average molecular weight is 565 g/mol. The van der Waals surface area contributed by atoms with Gasteiger partial charge in [0, 0.05) is 16.1 Å². The molecule has 39 heavy (non-hydrogen) atoms. The zero-order chi connectivity index (χ0) is 28.2. The Morgan fingerprint density at radius 1 is 1.26 bits per heavy atom. The van der Waals surface area contributed by atoms with Crippen molar-refractivity contribution in [3.63, 3.8) is 0 Å². The first-order valence-electron chi connectivity index (χ1n) is 11.8. The number of carbonyl (C=O) groups is 1. The summed E-state index contributed by atoms with van der Waals surface area (Å²) in [7, 11) is 0. The number of nitrogens with two attached hydrogens (primary N) is 1. The first-order chi connectivity index (χ1) is 17.7. The highest BCUT2D eigenvalue weighted by atomic mass is 35.5. The SMILES string of the molecule is C.C=C(C)F.Cc1cc(Cl)cc(OCCn2cc(F)cn2)c1-c1nc(N)nc2c1CN(C(=O)OC(C)(C)C)C2. The van der Waals surface area contributed by atoms with Crippen LogP contribution in [-0.2, 0) is 24.4 Å². The summed E-state index contributed by atoms with van der Waals surface area (Å²) in [5, 5.41) is 4.42. The van der Waals surface area contributed by atoms with Crippen LogP contribution in [0.5, 0.6) is 5.75 Å². The van der Waals surface area contributed by atoms with Crippen LogP contribution in [-0.4, -0.2) is 42.9 Å². The molecule has 1 aliphatic heterocycles. The zero-order valence-corrected chi connectivity index (χ0v) is 22.8. The van der Waals surface area contributed by atoms with Gasteiger partial charge in [0.15, 0.2) is 5.82 Å². The van der Waals surface area contributed by atoms with Crippen molar-refractivity contribution in [2.75, 3.05) is 12.3 Å². The predicted octanol–water partition coefficient (Wildman–Crippen LogP) is 6.48. The summed E-state index contributed by atoms with van der Waals surface area (Å²) in [5.74, 6) is -0.165. The number of allylic oxidation sites excluding steroid dienone is 1. The van der Waals surface area contributed by atoms with Gasteiger partial charge in [0.25, 0.3) is 0 Å². The van der Waals surface area contributed by atoms with Crippen molar-refractivity contribution in [3.8, 4) is 17.0 Å². The van der Waals surface area contributed by atoms with E-state index in [1.807, 2.05) is 27.7 Å². The molecule has 2 N–H and O–H groups in total. The molecule has 3 heterocycles. The van der Waals surface area contributed by atoms with E-state index in [0.29, 0.717) is 34.3 Å². The van der Waals surface area contributed by atoms with Gasteiger partial charge < -0.3 is 15.2 Å². The minimum atomic E-state index is -0.620. The lowest BCUT2D eigenvalue weighted by molar-refractivity contribution is 0.0241. The Kier molecular flexibility index (Phi) is 10.4. The molecule has 0 bridgehead atoms. The first kappa shape index (κ1) is 31.5. The molecule has 1 aliphatic rings. The Morgan fingerprint density at radius 3 is 2.51 bits per heavy atom. The topological polar surface area (TPSA) is 108 Å². The first-order valence-corrected chi connectivity index (χ1v) is 12.2. The van der Waals surface area contributed by atoms with E-state index in [1.54, 1.807) is 17.0 Å². The van der Waals surface area contributed by atoms with Crippen molar-refractivity contribution < 1.29 is 23.0 Å². The Balaban J connectivity index is 0.000000998. The number of rotatable bonds is 5. The van der Waals surface area contributed by atoms with Gasteiger partial charge in [0.05, 0.1) is 49.2 Å². The molecule has 212 valence electrons. The molecule has 0 unspecified atom stereocenters. The van der Waals surface area contributed by atoms with Crippen LogP contribution in [0.2, 0.25) is 5.02 Å². The van der Waals surface area contributed by atoms with E-state index in [9.17, 15) is 13.6 Å². The fraction of sp³-hybridized carbons (Fsp3) is 0.407. The number of carbonyl (C=O) groups excluding carboxylic acids is 1. The van der Waals surface area contributed by atoms with Crippen LogP contribution in [0.15, 0.2) is 36.9 Å². The Labute approximate surface area is 232 Å². The van der Waals surface area contributed by atoms with Crippen LogP contribution in [0.25, 0.3) is 11.3 Å². The van der Waals surface area contributed by atoms with Crippen molar-refractivity contribution in [3.05, 3.63) is 64.6 Å². The number of amides is 1. The number of hydrogen-bond acceptors (Lipinski definition) is 7. The highest BCUT2D eigenvalue weighted by molar-refractivity contribution is 6.31. The summed E-state index contributed by atoms with van der Waals surface area (Å²) < 4.78 is 37.0. The van der Waals surface area contributed by atoms with Crippen LogP contribution >= 0.6 is 11.6 Å². The van der Waals surface area contributed by atoms with Gasteiger partial charge in [-0.3, -0.25) is 9.58 Å². The average Bonchev–Trinajstić information content (AvgIpc) is 3.37. The van der Waals surface area contributed by atoms with Gasteiger partial charge in [0.1, 0.15) is 18.0 Å². The van der Waals surface area contributed by atoms with Crippen molar-refractivity contribution in [2.45, 2.75) is 67.3 Å². The largest absolute Gasteiger partial charge is 0.491 e.